The van der Waals surface area contributed by atoms with Gasteiger partial charge in [-0.25, -0.2) is 0 Å². The van der Waals surface area contributed by atoms with E-state index in [0.29, 0.717) is 0 Å². The number of aromatic amines is 1. The van der Waals surface area contributed by atoms with Crippen LogP contribution in [0.25, 0.3) is 0 Å². The minimum Gasteiger partial charge on any atom is -0.409 e. The minimum atomic E-state index is -0.271. The molecular formula is C8H14N6O2. The highest BCUT2D eigenvalue weighted by Crippen LogP contribution is 2.05. The van der Waals surface area contributed by atoms with Gasteiger partial charge in [0, 0.05) is 19.5 Å². The van der Waals surface area contributed by atoms with Gasteiger partial charge in [0.15, 0.2) is 5.69 Å². The number of nitrogens with one attached hydrogen (secondary N) is 1. The highest BCUT2D eigenvalue weighted by atomic mass is 16.4. The van der Waals surface area contributed by atoms with Gasteiger partial charge in [-0.3, -0.25) is 4.79 Å². The van der Waals surface area contributed by atoms with E-state index >= 15 is 0 Å². The van der Waals surface area contributed by atoms with Gasteiger partial charge in [-0.05, 0) is 6.92 Å². The van der Waals surface area contributed by atoms with E-state index in [1.54, 1.807) is 14.0 Å². The van der Waals surface area contributed by atoms with E-state index < -0.39 is 0 Å². The van der Waals surface area contributed by atoms with Gasteiger partial charge in [-0.15, -0.1) is 0 Å². The summed E-state index contributed by atoms with van der Waals surface area (Å²) in [5.74, 6) is -0.195. The minimum absolute atomic E-state index is 0.0762. The topological polar surface area (TPSA) is 120 Å². The highest BCUT2D eigenvalue weighted by molar-refractivity contribution is 5.92. The number of carbonyl (C=O) groups excluding carboxylic acids is 1. The summed E-state index contributed by atoms with van der Waals surface area (Å²) in [4.78, 5) is 13.2. The molecule has 8 nitrogen and oxygen atoms in total. The van der Waals surface area contributed by atoms with Crippen LogP contribution in [0.3, 0.4) is 0 Å². The van der Waals surface area contributed by atoms with Gasteiger partial charge in [0.05, 0.1) is 6.20 Å². The number of aromatic nitrogens is 3. The summed E-state index contributed by atoms with van der Waals surface area (Å²) in [5.41, 5.74) is 5.59. The Kier molecular flexibility index (Phi) is 3.81. The van der Waals surface area contributed by atoms with Crippen LogP contribution in [0.1, 0.15) is 23.8 Å². The summed E-state index contributed by atoms with van der Waals surface area (Å²) in [6.45, 7) is 1.79. The average molecular weight is 226 g/mol. The maximum atomic E-state index is 11.8. The third kappa shape index (κ3) is 2.69. The Morgan fingerprint density at radius 3 is 3.00 bits per heavy atom. The van der Waals surface area contributed by atoms with Crippen molar-refractivity contribution in [2.45, 2.75) is 19.4 Å². The lowest BCUT2D eigenvalue weighted by atomic mass is 10.2. The molecule has 8 heteroatoms. The predicted molar refractivity (Wildman–Crippen MR) is 56.0 cm³/mol. The maximum Gasteiger partial charge on any atom is 0.276 e. The zero-order valence-electron chi connectivity index (χ0n) is 9.08. The van der Waals surface area contributed by atoms with Gasteiger partial charge < -0.3 is 15.8 Å². The molecule has 0 spiro atoms. The van der Waals surface area contributed by atoms with Crippen molar-refractivity contribution in [3.05, 3.63) is 11.9 Å². The molecule has 0 saturated carbocycles. The smallest absolute Gasteiger partial charge is 0.276 e. The van der Waals surface area contributed by atoms with E-state index in [1.165, 1.54) is 11.1 Å². The third-order valence-electron chi connectivity index (χ3n) is 2.25. The summed E-state index contributed by atoms with van der Waals surface area (Å²) >= 11 is 0. The largest absolute Gasteiger partial charge is 0.409 e. The van der Waals surface area contributed by atoms with Crippen molar-refractivity contribution in [2.24, 2.45) is 10.9 Å². The Morgan fingerprint density at radius 2 is 2.50 bits per heavy atom. The van der Waals surface area contributed by atoms with E-state index in [0.717, 1.165) is 0 Å². The number of nitrogens with zero attached hydrogens (tertiary/aromatic N) is 4. The van der Waals surface area contributed by atoms with E-state index in [2.05, 4.69) is 20.6 Å². The van der Waals surface area contributed by atoms with Crippen molar-refractivity contribution in [1.29, 1.82) is 0 Å². The molecule has 0 bridgehead atoms. The lowest BCUT2D eigenvalue weighted by molar-refractivity contribution is 0.0741. The lowest BCUT2D eigenvalue weighted by Crippen LogP contribution is -2.38. The number of hydrogen-bond donors (Lipinski definition) is 3. The molecular weight excluding hydrogens is 212 g/mol. The molecule has 1 aromatic heterocycles. The number of amides is 1. The van der Waals surface area contributed by atoms with Crippen LogP contribution in [0.4, 0.5) is 0 Å². The van der Waals surface area contributed by atoms with Crippen molar-refractivity contribution in [2.75, 3.05) is 7.05 Å². The van der Waals surface area contributed by atoms with Crippen molar-refractivity contribution in [3.8, 4) is 0 Å². The zero-order chi connectivity index (χ0) is 12.1. The fourth-order valence-corrected chi connectivity index (χ4v) is 1.17. The molecule has 0 aliphatic rings. The number of rotatable bonds is 4. The van der Waals surface area contributed by atoms with Gasteiger partial charge >= 0.3 is 0 Å². The standard InChI is InChI=1S/C8H14N6O2/c1-5(3-7(9)12-16)14(2)8(15)6-4-10-13-11-6/h4-5,16H,3H2,1-2H3,(H2,9,12)(H,10,11,13). The van der Waals surface area contributed by atoms with E-state index in [9.17, 15) is 4.79 Å². The molecule has 1 rings (SSSR count). The van der Waals surface area contributed by atoms with Crippen molar-refractivity contribution in [3.63, 3.8) is 0 Å². The second-order valence-electron chi connectivity index (χ2n) is 3.42. The van der Waals surface area contributed by atoms with Crippen LogP contribution in [0.15, 0.2) is 11.4 Å². The predicted octanol–water partition coefficient (Wildman–Crippen LogP) is -0.598. The molecule has 16 heavy (non-hydrogen) atoms. The number of nitrogens with two attached hydrogens (primary N) is 1. The summed E-state index contributed by atoms with van der Waals surface area (Å²) in [6, 6.07) is -0.194. The molecule has 0 aliphatic heterocycles. The van der Waals surface area contributed by atoms with Gasteiger partial charge in [-0.1, -0.05) is 5.16 Å². The van der Waals surface area contributed by atoms with Gasteiger partial charge in [0.2, 0.25) is 0 Å². The summed E-state index contributed by atoms with van der Waals surface area (Å²) in [7, 11) is 1.62. The van der Waals surface area contributed by atoms with Crippen molar-refractivity contribution < 1.29 is 10.0 Å². The Labute approximate surface area is 92.1 Å². The maximum absolute atomic E-state index is 11.8. The molecule has 1 heterocycles. The van der Waals surface area contributed by atoms with Crippen LogP contribution >= 0.6 is 0 Å². The van der Waals surface area contributed by atoms with Crippen molar-refractivity contribution >= 4 is 11.7 Å². The number of carbonyl (C=O) groups is 1. The van der Waals surface area contributed by atoms with Crippen LogP contribution in [0, 0.1) is 0 Å². The van der Waals surface area contributed by atoms with Crippen LogP contribution < -0.4 is 5.73 Å². The average Bonchev–Trinajstić information content (AvgIpc) is 2.80. The van der Waals surface area contributed by atoms with E-state index in [-0.39, 0.29) is 29.9 Å². The normalized spacial score (nSPS) is 13.5. The molecule has 0 fully saturated rings. The fourth-order valence-electron chi connectivity index (χ4n) is 1.17. The molecule has 1 aromatic rings. The molecule has 0 saturated heterocycles. The van der Waals surface area contributed by atoms with Gasteiger partial charge in [0.1, 0.15) is 5.84 Å². The quantitative estimate of drug-likeness (QED) is 0.274. The summed E-state index contributed by atoms with van der Waals surface area (Å²) < 4.78 is 0. The molecule has 0 aromatic carbocycles. The third-order valence-corrected chi connectivity index (χ3v) is 2.25. The van der Waals surface area contributed by atoms with Crippen LogP contribution in [-0.2, 0) is 0 Å². The molecule has 88 valence electrons. The van der Waals surface area contributed by atoms with E-state index in [1.807, 2.05) is 0 Å². The number of hydrogen-bond acceptors (Lipinski definition) is 5. The first-order chi connectivity index (χ1) is 7.56. The molecule has 1 unspecified atom stereocenters. The van der Waals surface area contributed by atoms with Crippen LogP contribution in [0.5, 0.6) is 0 Å². The number of oxime groups is 1. The van der Waals surface area contributed by atoms with Gasteiger partial charge in [-0.2, -0.15) is 15.4 Å². The molecule has 0 radical (unpaired) electrons. The molecule has 1 atom stereocenters. The number of amidine groups is 1. The Morgan fingerprint density at radius 1 is 1.81 bits per heavy atom. The molecule has 4 N–H and O–H groups in total. The number of H-pyrrole nitrogens is 1. The Balaban J connectivity index is 2.64. The zero-order valence-corrected chi connectivity index (χ0v) is 9.08. The van der Waals surface area contributed by atoms with E-state index in [4.69, 9.17) is 10.9 Å². The Bertz CT molecular complexity index is 374. The molecule has 0 aliphatic carbocycles. The monoisotopic (exact) mass is 226 g/mol. The second-order valence-corrected chi connectivity index (χ2v) is 3.42. The summed E-state index contributed by atoms with van der Waals surface area (Å²) in [6.07, 6.45) is 1.63. The van der Waals surface area contributed by atoms with Crippen LogP contribution in [-0.4, -0.2) is 50.4 Å². The van der Waals surface area contributed by atoms with Gasteiger partial charge in [0.25, 0.3) is 5.91 Å². The molecule has 1 amide bonds. The summed E-state index contributed by atoms with van der Waals surface area (Å²) in [5, 5.41) is 20.9. The SMILES string of the molecule is CC(CC(N)=NO)N(C)C(=O)c1cn[nH]n1. The fraction of sp³-hybridized carbons (Fsp3) is 0.500. The second kappa shape index (κ2) is 5.10. The first kappa shape index (κ1) is 12.0. The van der Waals surface area contributed by atoms with Crippen molar-refractivity contribution in [1.82, 2.24) is 20.3 Å². The lowest BCUT2D eigenvalue weighted by Gasteiger charge is -2.23. The van der Waals surface area contributed by atoms with Crippen LogP contribution in [0.2, 0.25) is 0 Å². The first-order valence-corrected chi connectivity index (χ1v) is 4.65. The Hall–Kier alpha value is -2.12. The highest BCUT2D eigenvalue weighted by Gasteiger charge is 2.20. The first-order valence-electron chi connectivity index (χ1n) is 4.65.